The molecule has 0 aromatic heterocycles. The molecule has 0 saturated carbocycles. The molecule has 1 aliphatic heterocycles. The molecule has 1 fully saturated rings. The Morgan fingerprint density at radius 3 is 2.50 bits per heavy atom. The summed E-state index contributed by atoms with van der Waals surface area (Å²) in [5, 5.41) is 8.74. The molecule has 0 bridgehead atoms. The molecule has 2 atom stereocenters. The first-order valence-corrected chi connectivity index (χ1v) is 5.94. The highest BCUT2D eigenvalue weighted by Crippen LogP contribution is 2.30. The van der Waals surface area contributed by atoms with Crippen molar-refractivity contribution in [1.82, 2.24) is 4.31 Å². The average molecular weight is 263 g/mol. The summed E-state index contributed by atoms with van der Waals surface area (Å²) in [5.41, 5.74) is -5.32. The lowest BCUT2D eigenvalue weighted by Gasteiger charge is -2.36. The van der Waals surface area contributed by atoms with Crippen LogP contribution in [-0.4, -0.2) is 55.2 Å². The molecule has 0 amide bonds. The van der Waals surface area contributed by atoms with Gasteiger partial charge >= 0.3 is 15.5 Å². The zero-order chi connectivity index (χ0) is 12.6. The molecular weight excluding hydrogens is 251 g/mol. The Morgan fingerprint density at radius 1 is 1.50 bits per heavy atom. The molecule has 1 saturated heterocycles. The van der Waals surface area contributed by atoms with Gasteiger partial charge in [0.25, 0.3) is 0 Å². The van der Waals surface area contributed by atoms with Gasteiger partial charge in [-0.05, 0) is 6.92 Å². The number of sulfonamides is 1. The molecule has 5 nitrogen and oxygen atoms in total. The van der Waals surface area contributed by atoms with Gasteiger partial charge in [0.2, 0.25) is 0 Å². The van der Waals surface area contributed by atoms with E-state index in [4.69, 9.17) is 9.84 Å². The van der Waals surface area contributed by atoms with Gasteiger partial charge in [-0.25, -0.2) is 8.42 Å². The standard InChI is InChI=1S/C7H12F3NO4S/c1-5-4-15-6(3-12)2-11(5)16(13,14)7(8,9)10/h5-6,12H,2-4H2,1H3. The predicted molar refractivity (Wildman–Crippen MR) is 48.0 cm³/mol. The van der Waals surface area contributed by atoms with Crippen molar-refractivity contribution in [1.29, 1.82) is 0 Å². The minimum Gasteiger partial charge on any atom is -0.394 e. The van der Waals surface area contributed by atoms with Gasteiger partial charge in [0.15, 0.2) is 0 Å². The third-order valence-electron chi connectivity index (χ3n) is 2.25. The summed E-state index contributed by atoms with van der Waals surface area (Å²) in [5.74, 6) is 0. The fourth-order valence-electron chi connectivity index (χ4n) is 1.37. The van der Waals surface area contributed by atoms with E-state index in [0.29, 0.717) is 4.31 Å². The van der Waals surface area contributed by atoms with Gasteiger partial charge in [-0.2, -0.15) is 17.5 Å². The molecule has 96 valence electrons. The molecule has 0 aliphatic carbocycles. The highest BCUT2D eigenvalue weighted by atomic mass is 32.2. The van der Waals surface area contributed by atoms with Gasteiger partial charge in [-0.3, -0.25) is 0 Å². The van der Waals surface area contributed by atoms with E-state index in [-0.39, 0.29) is 6.61 Å². The van der Waals surface area contributed by atoms with E-state index in [9.17, 15) is 21.6 Å². The molecule has 0 aromatic carbocycles. The first-order chi connectivity index (χ1) is 7.20. The van der Waals surface area contributed by atoms with Crippen LogP contribution in [0.2, 0.25) is 0 Å². The van der Waals surface area contributed by atoms with Crippen LogP contribution in [0, 0.1) is 0 Å². The van der Waals surface area contributed by atoms with Crippen LogP contribution in [0.15, 0.2) is 0 Å². The van der Waals surface area contributed by atoms with Crippen LogP contribution < -0.4 is 0 Å². The van der Waals surface area contributed by atoms with E-state index in [1.165, 1.54) is 6.92 Å². The Balaban J connectivity index is 2.93. The second-order valence-corrected chi connectivity index (χ2v) is 5.39. The number of hydrogen-bond acceptors (Lipinski definition) is 4. The maximum absolute atomic E-state index is 12.3. The van der Waals surface area contributed by atoms with Crippen molar-refractivity contribution in [2.75, 3.05) is 19.8 Å². The third kappa shape index (κ3) is 2.47. The van der Waals surface area contributed by atoms with Crippen LogP contribution in [-0.2, 0) is 14.8 Å². The van der Waals surface area contributed by atoms with Crippen molar-refractivity contribution in [2.24, 2.45) is 0 Å². The van der Waals surface area contributed by atoms with Crippen LogP contribution in [0.5, 0.6) is 0 Å². The van der Waals surface area contributed by atoms with E-state index in [2.05, 4.69) is 0 Å². The number of rotatable bonds is 2. The summed E-state index contributed by atoms with van der Waals surface area (Å²) in [4.78, 5) is 0. The number of morpholine rings is 1. The minimum atomic E-state index is -5.35. The zero-order valence-electron chi connectivity index (χ0n) is 8.44. The topological polar surface area (TPSA) is 66.8 Å². The molecule has 1 rings (SSSR count). The maximum atomic E-state index is 12.3. The first-order valence-electron chi connectivity index (χ1n) is 4.50. The number of nitrogens with zero attached hydrogens (tertiary/aromatic N) is 1. The van der Waals surface area contributed by atoms with E-state index in [1.807, 2.05) is 0 Å². The van der Waals surface area contributed by atoms with Crippen molar-refractivity contribution in [3.05, 3.63) is 0 Å². The number of alkyl halides is 3. The molecule has 0 spiro atoms. The lowest BCUT2D eigenvalue weighted by Crippen LogP contribution is -2.55. The van der Waals surface area contributed by atoms with Crippen molar-refractivity contribution in [3.63, 3.8) is 0 Å². The number of aliphatic hydroxyl groups is 1. The summed E-state index contributed by atoms with van der Waals surface area (Å²) in [6, 6.07) is -0.894. The lowest BCUT2D eigenvalue weighted by atomic mass is 10.2. The van der Waals surface area contributed by atoms with E-state index in [1.54, 1.807) is 0 Å². The Morgan fingerprint density at radius 2 is 2.06 bits per heavy atom. The molecule has 0 aromatic rings. The zero-order valence-corrected chi connectivity index (χ0v) is 9.25. The normalized spacial score (nSPS) is 29.3. The average Bonchev–Trinajstić information content (AvgIpc) is 2.16. The van der Waals surface area contributed by atoms with Crippen molar-refractivity contribution < 1.29 is 31.4 Å². The fourth-order valence-corrected chi connectivity index (χ4v) is 2.53. The summed E-state index contributed by atoms with van der Waals surface area (Å²) in [7, 11) is -5.35. The fraction of sp³-hybridized carbons (Fsp3) is 1.00. The van der Waals surface area contributed by atoms with Crippen molar-refractivity contribution in [2.45, 2.75) is 24.6 Å². The first kappa shape index (κ1) is 13.7. The molecule has 0 radical (unpaired) electrons. The van der Waals surface area contributed by atoms with E-state index >= 15 is 0 Å². The molecule has 1 N–H and O–H groups in total. The number of ether oxygens (including phenoxy) is 1. The molecule has 16 heavy (non-hydrogen) atoms. The molecule has 1 heterocycles. The number of halogens is 3. The van der Waals surface area contributed by atoms with Crippen LogP contribution in [0.25, 0.3) is 0 Å². The van der Waals surface area contributed by atoms with Crippen molar-refractivity contribution >= 4 is 10.0 Å². The van der Waals surface area contributed by atoms with Gasteiger partial charge in [-0.15, -0.1) is 0 Å². The van der Waals surface area contributed by atoms with E-state index in [0.717, 1.165) is 0 Å². The van der Waals surface area contributed by atoms with E-state index < -0.39 is 40.8 Å². The SMILES string of the molecule is CC1COC(CO)CN1S(=O)(=O)C(F)(F)F. The molecule has 2 unspecified atom stereocenters. The van der Waals surface area contributed by atoms with Crippen LogP contribution in [0.1, 0.15) is 6.92 Å². The van der Waals surface area contributed by atoms with Crippen LogP contribution in [0.4, 0.5) is 13.2 Å². The van der Waals surface area contributed by atoms with Gasteiger partial charge in [0.1, 0.15) is 0 Å². The molecular formula is C7H12F3NO4S. The van der Waals surface area contributed by atoms with Gasteiger partial charge in [0, 0.05) is 12.6 Å². The Kier molecular flexibility index (Phi) is 3.83. The summed E-state index contributed by atoms with van der Waals surface area (Å²) < 4.78 is 64.4. The Hall–Kier alpha value is -0.380. The Labute approximate surface area is 90.8 Å². The van der Waals surface area contributed by atoms with Crippen LogP contribution >= 0.6 is 0 Å². The smallest absolute Gasteiger partial charge is 0.394 e. The third-order valence-corrected chi connectivity index (χ3v) is 3.96. The van der Waals surface area contributed by atoms with Gasteiger partial charge < -0.3 is 9.84 Å². The Bertz CT molecular complexity index is 342. The summed E-state index contributed by atoms with van der Waals surface area (Å²) >= 11 is 0. The van der Waals surface area contributed by atoms with Crippen molar-refractivity contribution in [3.8, 4) is 0 Å². The second-order valence-electron chi connectivity index (χ2n) is 3.51. The highest BCUT2D eigenvalue weighted by molar-refractivity contribution is 7.90. The number of aliphatic hydroxyl groups excluding tert-OH is 1. The largest absolute Gasteiger partial charge is 0.511 e. The monoisotopic (exact) mass is 263 g/mol. The quantitative estimate of drug-likeness (QED) is 0.756. The minimum absolute atomic E-state index is 0.166. The number of hydrogen-bond donors (Lipinski definition) is 1. The summed E-state index contributed by atoms with van der Waals surface area (Å²) in [6.07, 6.45) is -0.909. The maximum Gasteiger partial charge on any atom is 0.511 e. The van der Waals surface area contributed by atoms with Gasteiger partial charge in [0.05, 0.1) is 19.3 Å². The van der Waals surface area contributed by atoms with Crippen LogP contribution in [0.3, 0.4) is 0 Å². The van der Waals surface area contributed by atoms with Gasteiger partial charge in [-0.1, -0.05) is 0 Å². The molecule has 1 aliphatic rings. The lowest BCUT2D eigenvalue weighted by molar-refractivity contribution is -0.0737. The highest BCUT2D eigenvalue weighted by Gasteiger charge is 2.52. The molecule has 9 heteroatoms. The predicted octanol–water partition coefficient (Wildman–Crippen LogP) is -0.0824. The summed E-state index contributed by atoms with van der Waals surface area (Å²) in [6.45, 7) is 0.146. The second kappa shape index (κ2) is 4.47.